The number of hydrogen-bond donors (Lipinski definition) is 2. The summed E-state index contributed by atoms with van der Waals surface area (Å²) in [7, 11) is 1.58. The lowest BCUT2D eigenvalue weighted by atomic mass is 10.0. The second kappa shape index (κ2) is 2.33. The molecule has 0 spiro atoms. The Balaban J connectivity index is 2.25. The summed E-state index contributed by atoms with van der Waals surface area (Å²) >= 11 is 0. The van der Waals surface area contributed by atoms with Gasteiger partial charge in [0.25, 0.3) is 0 Å². The van der Waals surface area contributed by atoms with Crippen LogP contribution in [0.15, 0.2) is 0 Å². The van der Waals surface area contributed by atoms with Crippen molar-refractivity contribution in [3.05, 3.63) is 0 Å². The minimum Gasteiger partial charge on any atom is -0.382 e. The third-order valence-electron chi connectivity index (χ3n) is 1.41. The van der Waals surface area contributed by atoms with Gasteiger partial charge in [-0.05, 0) is 0 Å². The number of ether oxygens (including phenoxy) is 1. The Morgan fingerprint density at radius 3 is 2.89 bits per heavy atom. The highest BCUT2D eigenvalue weighted by Crippen LogP contribution is 2.02. The average molecular weight is 130 g/mol. The maximum absolute atomic E-state index is 10.4. The highest BCUT2D eigenvalue weighted by Gasteiger charge is 2.35. The lowest BCUT2D eigenvalue weighted by Gasteiger charge is -2.32. The minimum atomic E-state index is -0.357. The monoisotopic (exact) mass is 130 g/mol. The Morgan fingerprint density at radius 1 is 1.89 bits per heavy atom. The Bertz CT molecular complexity index is 126. The van der Waals surface area contributed by atoms with Crippen LogP contribution in [0.2, 0.25) is 0 Å². The normalized spacial score (nSPS) is 33.3. The SMILES string of the molecule is COCC1NC(=O)C1N. The van der Waals surface area contributed by atoms with Gasteiger partial charge in [0, 0.05) is 7.11 Å². The summed E-state index contributed by atoms with van der Waals surface area (Å²) in [5.41, 5.74) is 5.36. The first-order chi connectivity index (χ1) is 4.25. The third kappa shape index (κ3) is 1.04. The number of β-lactam (4-membered cyclic amide) rings is 1. The maximum Gasteiger partial charge on any atom is 0.239 e. The molecule has 1 amide bonds. The lowest BCUT2D eigenvalue weighted by Crippen LogP contribution is -2.68. The fraction of sp³-hybridized carbons (Fsp3) is 0.800. The molecule has 0 aliphatic carbocycles. The molecule has 3 N–H and O–H groups in total. The molecule has 0 aromatic rings. The van der Waals surface area contributed by atoms with Crippen molar-refractivity contribution in [2.75, 3.05) is 13.7 Å². The lowest BCUT2D eigenvalue weighted by molar-refractivity contribution is -0.131. The molecule has 0 radical (unpaired) electrons. The summed E-state index contributed by atoms with van der Waals surface area (Å²) < 4.78 is 4.77. The van der Waals surface area contributed by atoms with Crippen LogP contribution in [0.3, 0.4) is 0 Å². The predicted molar refractivity (Wildman–Crippen MR) is 31.8 cm³/mol. The van der Waals surface area contributed by atoms with Crippen LogP contribution in [-0.4, -0.2) is 31.7 Å². The predicted octanol–water partition coefficient (Wildman–Crippen LogP) is -1.54. The fourth-order valence-electron chi connectivity index (χ4n) is 0.780. The Kier molecular flexibility index (Phi) is 1.68. The van der Waals surface area contributed by atoms with E-state index in [4.69, 9.17) is 10.5 Å². The van der Waals surface area contributed by atoms with Crippen molar-refractivity contribution in [2.45, 2.75) is 12.1 Å². The summed E-state index contributed by atoms with van der Waals surface area (Å²) in [6, 6.07) is -0.326. The third-order valence-corrected chi connectivity index (χ3v) is 1.41. The van der Waals surface area contributed by atoms with Crippen molar-refractivity contribution in [3.8, 4) is 0 Å². The number of rotatable bonds is 2. The number of hydrogen-bond acceptors (Lipinski definition) is 3. The second-order valence-electron chi connectivity index (χ2n) is 2.10. The molecule has 1 aliphatic heterocycles. The summed E-state index contributed by atoms with van der Waals surface area (Å²) in [4.78, 5) is 10.4. The molecular formula is C5H10N2O2. The van der Waals surface area contributed by atoms with Crippen LogP contribution in [0, 0.1) is 0 Å². The molecule has 2 unspecified atom stereocenters. The van der Waals surface area contributed by atoms with Gasteiger partial charge in [-0.1, -0.05) is 0 Å². The Hall–Kier alpha value is -0.610. The highest BCUT2D eigenvalue weighted by atomic mass is 16.5. The number of nitrogens with one attached hydrogen (secondary N) is 1. The largest absolute Gasteiger partial charge is 0.382 e. The quantitative estimate of drug-likeness (QED) is 0.445. The van der Waals surface area contributed by atoms with Crippen molar-refractivity contribution in [1.29, 1.82) is 0 Å². The van der Waals surface area contributed by atoms with Crippen LogP contribution in [0.4, 0.5) is 0 Å². The van der Waals surface area contributed by atoms with Crippen molar-refractivity contribution in [2.24, 2.45) is 5.73 Å². The molecule has 52 valence electrons. The van der Waals surface area contributed by atoms with Crippen LogP contribution < -0.4 is 11.1 Å². The summed E-state index contributed by atoms with van der Waals surface area (Å²) in [6.45, 7) is 0.507. The van der Waals surface area contributed by atoms with Crippen LogP contribution in [0.1, 0.15) is 0 Å². The number of methoxy groups -OCH3 is 1. The van der Waals surface area contributed by atoms with E-state index < -0.39 is 0 Å². The fourth-order valence-corrected chi connectivity index (χ4v) is 0.780. The van der Waals surface area contributed by atoms with Gasteiger partial charge in [-0.2, -0.15) is 0 Å². The number of amides is 1. The first kappa shape index (κ1) is 6.51. The van der Waals surface area contributed by atoms with E-state index >= 15 is 0 Å². The van der Waals surface area contributed by atoms with Crippen LogP contribution in [0.5, 0.6) is 0 Å². The van der Waals surface area contributed by atoms with E-state index in [1.54, 1.807) is 7.11 Å². The van der Waals surface area contributed by atoms with E-state index in [1.807, 2.05) is 0 Å². The second-order valence-corrected chi connectivity index (χ2v) is 2.10. The van der Waals surface area contributed by atoms with Crippen LogP contribution in [0.25, 0.3) is 0 Å². The van der Waals surface area contributed by atoms with Crippen LogP contribution in [-0.2, 0) is 9.53 Å². The van der Waals surface area contributed by atoms with E-state index in [-0.39, 0.29) is 18.0 Å². The molecule has 0 aromatic heterocycles. The smallest absolute Gasteiger partial charge is 0.239 e. The maximum atomic E-state index is 10.4. The van der Waals surface area contributed by atoms with Crippen molar-refractivity contribution in [1.82, 2.24) is 5.32 Å². The molecule has 1 rings (SSSR count). The molecule has 4 nitrogen and oxygen atoms in total. The van der Waals surface area contributed by atoms with Gasteiger partial charge in [-0.25, -0.2) is 0 Å². The van der Waals surface area contributed by atoms with E-state index in [9.17, 15) is 4.79 Å². The zero-order valence-corrected chi connectivity index (χ0v) is 5.26. The van der Waals surface area contributed by atoms with E-state index in [2.05, 4.69) is 5.32 Å². The number of carbonyl (C=O) groups is 1. The topological polar surface area (TPSA) is 64.3 Å². The average Bonchev–Trinajstić information content (AvgIpc) is 1.88. The van der Waals surface area contributed by atoms with E-state index in [0.29, 0.717) is 6.61 Å². The first-order valence-electron chi connectivity index (χ1n) is 2.80. The zero-order valence-electron chi connectivity index (χ0n) is 5.26. The molecule has 1 fully saturated rings. The summed E-state index contributed by atoms with van der Waals surface area (Å²) in [5, 5.41) is 2.60. The van der Waals surface area contributed by atoms with Crippen molar-refractivity contribution < 1.29 is 9.53 Å². The summed E-state index contributed by atoms with van der Waals surface area (Å²) in [5.74, 6) is -0.0861. The van der Waals surface area contributed by atoms with Gasteiger partial charge in [-0.15, -0.1) is 0 Å². The number of carbonyl (C=O) groups excluding carboxylic acids is 1. The molecular weight excluding hydrogens is 120 g/mol. The molecule has 0 saturated carbocycles. The highest BCUT2D eigenvalue weighted by molar-refractivity contribution is 5.88. The molecule has 0 aromatic carbocycles. The van der Waals surface area contributed by atoms with Crippen molar-refractivity contribution in [3.63, 3.8) is 0 Å². The number of nitrogens with two attached hydrogens (primary N) is 1. The molecule has 1 saturated heterocycles. The van der Waals surface area contributed by atoms with E-state index in [0.717, 1.165) is 0 Å². The molecule has 1 aliphatic rings. The zero-order chi connectivity index (χ0) is 6.85. The van der Waals surface area contributed by atoms with Gasteiger partial charge in [0.1, 0.15) is 6.04 Å². The molecule has 2 atom stereocenters. The van der Waals surface area contributed by atoms with Crippen molar-refractivity contribution >= 4 is 5.91 Å². The molecule has 1 heterocycles. The van der Waals surface area contributed by atoms with Gasteiger partial charge < -0.3 is 15.8 Å². The standard InChI is InChI=1S/C5H10N2O2/c1-9-2-3-4(6)5(8)7-3/h3-4H,2,6H2,1H3,(H,7,8). The molecule has 0 bridgehead atoms. The van der Waals surface area contributed by atoms with E-state index in [1.165, 1.54) is 0 Å². The van der Waals surface area contributed by atoms with Gasteiger partial charge in [-0.3, -0.25) is 4.79 Å². The van der Waals surface area contributed by atoms with Crippen LogP contribution >= 0.6 is 0 Å². The molecule has 9 heavy (non-hydrogen) atoms. The first-order valence-corrected chi connectivity index (χ1v) is 2.80. The Morgan fingerprint density at radius 2 is 2.56 bits per heavy atom. The minimum absolute atomic E-state index is 0.0301. The van der Waals surface area contributed by atoms with Gasteiger partial charge in [0.05, 0.1) is 12.6 Å². The Labute approximate surface area is 53.4 Å². The summed E-state index contributed by atoms with van der Waals surface area (Å²) in [6.07, 6.45) is 0. The van der Waals surface area contributed by atoms with Gasteiger partial charge >= 0.3 is 0 Å². The van der Waals surface area contributed by atoms with Gasteiger partial charge in [0.2, 0.25) is 5.91 Å². The molecule has 4 heteroatoms. The van der Waals surface area contributed by atoms with Gasteiger partial charge in [0.15, 0.2) is 0 Å².